The minimum atomic E-state index is -2.84. The Kier molecular flexibility index (Phi) is 6.07. The summed E-state index contributed by atoms with van der Waals surface area (Å²) in [4.78, 5) is 0. The van der Waals surface area contributed by atoms with Crippen LogP contribution in [-0.2, 0) is 16.4 Å². The maximum absolute atomic E-state index is 11.4. The molecular formula is C14H26N2O2S. The van der Waals surface area contributed by atoms with Gasteiger partial charge in [0.1, 0.15) is 9.84 Å². The van der Waals surface area contributed by atoms with Gasteiger partial charge in [0.25, 0.3) is 0 Å². The highest BCUT2D eigenvalue weighted by Crippen LogP contribution is 2.21. The van der Waals surface area contributed by atoms with Crippen molar-refractivity contribution in [3.8, 4) is 0 Å². The van der Waals surface area contributed by atoms with Crippen molar-refractivity contribution >= 4 is 9.84 Å². The summed E-state index contributed by atoms with van der Waals surface area (Å²) in [6.45, 7) is 6.83. The first-order valence-corrected chi connectivity index (χ1v) is 8.75. The summed E-state index contributed by atoms with van der Waals surface area (Å²) < 4.78 is 24.9. The first-order valence-electron chi connectivity index (χ1n) is 6.93. The maximum atomic E-state index is 11.4. The van der Waals surface area contributed by atoms with Gasteiger partial charge in [-0.25, -0.2) is 8.42 Å². The molecule has 0 fully saturated rings. The number of hydrogen-bond donors (Lipinski definition) is 1. The van der Waals surface area contributed by atoms with E-state index in [0.29, 0.717) is 18.4 Å². The van der Waals surface area contributed by atoms with Crippen LogP contribution in [0.5, 0.6) is 0 Å². The average molecular weight is 286 g/mol. The molecule has 1 heterocycles. The molecule has 1 atom stereocenters. The van der Waals surface area contributed by atoms with Gasteiger partial charge in [0.2, 0.25) is 0 Å². The van der Waals surface area contributed by atoms with Crippen molar-refractivity contribution in [2.75, 3.05) is 18.6 Å². The fourth-order valence-electron chi connectivity index (χ4n) is 2.28. The largest absolute Gasteiger partial charge is 0.354 e. The van der Waals surface area contributed by atoms with E-state index in [1.807, 2.05) is 13.2 Å². The highest BCUT2D eigenvalue weighted by atomic mass is 32.2. The summed E-state index contributed by atoms with van der Waals surface area (Å²) in [6, 6.07) is 2.45. The van der Waals surface area contributed by atoms with E-state index in [0.717, 1.165) is 6.54 Å². The van der Waals surface area contributed by atoms with Gasteiger partial charge >= 0.3 is 0 Å². The maximum Gasteiger partial charge on any atom is 0.150 e. The highest BCUT2D eigenvalue weighted by molar-refractivity contribution is 7.91. The number of hydrogen-bond acceptors (Lipinski definition) is 3. The van der Waals surface area contributed by atoms with Gasteiger partial charge in [0, 0.05) is 30.7 Å². The first-order chi connectivity index (χ1) is 8.89. The third-order valence-corrected chi connectivity index (χ3v) is 5.21. The number of aryl methyl sites for hydroxylation is 1. The second kappa shape index (κ2) is 7.10. The zero-order chi connectivity index (χ0) is 14.5. The van der Waals surface area contributed by atoms with Crippen molar-refractivity contribution in [3.05, 3.63) is 24.0 Å². The fraction of sp³-hybridized carbons (Fsp3) is 0.714. The topological polar surface area (TPSA) is 51.1 Å². The van der Waals surface area contributed by atoms with Crippen molar-refractivity contribution < 1.29 is 8.42 Å². The Balaban J connectivity index is 2.56. The Morgan fingerprint density at radius 3 is 2.58 bits per heavy atom. The second-order valence-corrected chi connectivity index (χ2v) is 7.76. The lowest BCUT2D eigenvalue weighted by atomic mass is 9.99. The molecule has 0 spiro atoms. The van der Waals surface area contributed by atoms with Gasteiger partial charge < -0.3 is 9.88 Å². The van der Waals surface area contributed by atoms with Crippen molar-refractivity contribution in [2.24, 2.45) is 5.92 Å². The van der Waals surface area contributed by atoms with Crippen molar-refractivity contribution in [1.29, 1.82) is 0 Å². The quantitative estimate of drug-likeness (QED) is 0.797. The van der Waals surface area contributed by atoms with Crippen LogP contribution in [0.1, 0.15) is 38.8 Å². The number of rotatable bonds is 8. The summed E-state index contributed by atoms with van der Waals surface area (Å²) in [5.74, 6) is 1.04. The highest BCUT2D eigenvalue weighted by Gasteiger charge is 2.14. The molecule has 0 aromatic carbocycles. The molecule has 1 N–H and O–H groups in total. The summed E-state index contributed by atoms with van der Waals surface area (Å²) in [7, 11) is -0.875. The van der Waals surface area contributed by atoms with Crippen LogP contribution in [0.15, 0.2) is 18.5 Å². The molecule has 1 aromatic heterocycles. The molecule has 0 aliphatic rings. The van der Waals surface area contributed by atoms with Crippen LogP contribution >= 0.6 is 0 Å². The molecule has 0 aliphatic carbocycles. The van der Waals surface area contributed by atoms with E-state index in [4.69, 9.17) is 0 Å². The van der Waals surface area contributed by atoms with E-state index in [2.05, 4.69) is 36.0 Å². The van der Waals surface area contributed by atoms with E-state index < -0.39 is 9.84 Å². The molecule has 0 amide bonds. The lowest BCUT2D eigenvalue weighted by Gasteiger charge is -2.18. The first kappa shape index (κ1) is 16.2. The summed E-state index contributed by atoms with van der Waals surface area (Å²) >= 11 is 0. The number of sulfone groups is 1. The Morgan fingerprint density at radius 2 is 2.05 bits per heavy atom. The molecule has 0 saturated carbocycles. The lowest BCUT2D eigenvalue weighted by molar-refractivity contribution is 0.442. The molecule has 1 rings (SSSR count). The van der Waals surface area contributed by atoms with Crippen molar-refractivity contribution in [1.82, 2.24) is 9.88 Å². The molecule has 110 valence electrons. The molecule has 4 nitrogen and oxygen atoms in total. The minimum absolute atomic E-state index is 0.235. The van der Waals surface area contributed by atoms with Crippen molar-refractivity contribution in [3.63, 3.8) is 0 Å². The molecule has 5 heteroatoms. The third-order valence-electron chi connectivity index (χ3n) is 3.42. The Bertz CT molecular complexity index is 477. The fourth-order valence-corrected chi connectivity index (χ4v) is 3.14. The molecular weight excluding hydrogens is 260 g/mol. The van der Waals surface area contributed by atoms with Gasteiger partial charge in [-0.1, -0.05) is 20.8 Å². The lowest BCUT2D eigenvalue weighted by Crippen LogP contribution is -2.21. The second-order valence-electron chi connectivity index (χ2n) is 5.28. The molecule has 0 aliphatic heterocycles. The van der Waals surface area contributed by atoms with Gasteiger partial charge in [-0.05, 0) is 31.0 Å². The molecule has 0 saturated heterocycles. The number of nitrogens with one attached hydrogen (secondary N) is 1. The van der Waals surface area contributed by atoms with Gasteiger partial charge in [-0.2, -0.15) is 0 Å². The van der Waals surface area contributed by atoms with E-state index in [1.54, 1.807) is 6.92 Å². The molecule has 0 bridgehead atoms. The Morgan fingerprint density at radius 1 is 1.37 bits per heavy atom. The molecule has 19 heavy (non-hydrogen) atoms. The predicted octanol–water partition coefficient (Wildman–Crippen LogP) is 2.23. The SMILES string of the molecule is CCS(=O)(=O)CCCn1ccc(C(NC)C(C)C)c1. The van der Waals surface area contributed by atoms with Crippen LogP contribution in [0.3, 0.4) is 0 Å². The van der Waals surface area contributed by atoms with Crippen LogP contribution in [0.4, 0.5) is 0 Å². The Hall–Kier alpha value is -0.810. The van der Waals surface area contributed by atoms with Crippen LogP contribution in [-0.4, -0.2) is 31.5 Å². The van der Waals surface area contributed by atoms with Crippen molar-refractivity contribution in [2.45, 2.75) is 39.8 Å². The van der Waals surface area contributed by atoms with Crippen LogP contribution in [0.2, 0.25) is 0 Å². The third kappa shape index (κ3) is 4.99. The van der Waals surface area contributed by atoms with Gasteiger partial charge in [-0.3, -0.25) is 0 Å². The van der Waals surface area contributed by atoms with Gasteiger partial charge in [0.05, 0.1) is 5.75 Å². The van der Waals surface area contributed by atoms with Crippen LogP contribution in [0, 0.1) is 5.92 Å². The van der Waals surface area contributed by atoms with Crippen LogP contribution < -0.4 is 5.32 Å². The van der Waals surface area contributed by atoms with Gasteiger partial charge in [0.15, 0.2) is 0 Å². The standard InChI is InChI=1S/C14H26N2O2S/c1-5-19(17,18)10-6-8-16-9-7-13(11-16)14(15-4)12(2)3/h7,9,11-12,14-15H,5-6,8,10H2,1-4H3. The molecule has 1 unspecified atom stereocenters. The van der Waals surface area contributed by atoms with Crippen LogP contribution in [0.25, 0.3) is 0 Å². The smallest absolute Gasteiger partial charge is 0.150 e. The molecule has 1 aromatic rings. The molecule has 0 radical (unpaired) electrons. The minimum Gasteiger partial charge on any atom is -0.354 e. The monoisotopic (exact) mass is 286 g/mol. The van der Waals surface area contributed by atoms with E-state index in [9.17, 15) is 8.42 Å². The zero-order valence-electron chi connectivity index (χ0n) is 12.4. The van der Waals surface area contributed by atoms with E-state index in [-0.39, 0.29) is 11.5 Å². The Labute approximate surface area is 117 Å². The summed E-state index contributed by atoms with van der Waals surface area (Å²) in [6.07, 6.45) is 4.82. The predicted molar refractivity (Wildman–Crippen MR) is 80.0 cm³/mol. The normalized spacial score (nSPS) is 13.9. The van der Waals surface area contributed by atoms with E-state index in [1.165, 1.54) is 5.56 Å². The number of nitrogens with zero attached hydrogens (tertiary/aromatic N) is 1. The number of aromatic nitrogens is 1. The average Bonchev–Trinajstić information content (AvgIpc) is 2.78. The summed E-state index contributed by atoms with van der Waals surface area (Å²) in [5, 5.41) is 3.31. The zero-order valence-corrected chi connectivity index (χ0v) is 13.2. The summed E-state index contributed by atoms with van der Waals surface area (Å²) in [5.41, 5.74) is 1.26. The van der Waals surface area contributed by atoms with E-state index >= 15 is 0 Å². The van der Waals surface area contributed by atoms with Gasteiger partial charge in [-0.15, -0.1) is 0 Å².